The second-order valence-electron chi connectivity index (χ2n) is 4.66. The van der Waals surface area contributed by atoms with Crippen molar-refractivity contribution in [1.29, 1.82) is 0 Å². The van der Waals surface area contributed by atoms with Gasteiger partial charge in [-0.25, -0.2) is 4.72 Å². The van der Waals surface area contributed by atoms with Crippen molar-refractivity contribution in [2.75, 3.05) is 27.2 Å². The Morgan fingerprint density at radius 3 is 2.27 bits per heavy atom. The molecule has 0 aliphatic heterocycles. The third kappa shape index (κ3) is 6.09. The second-order valence-corrected chi connectivity index (χ2v) is 6.63. The highest BCUT2D eigenvalue weighted by Crippen LogP contribution is 2.20. The quantitative estimate of drug-likeness (QED) is 0.661. The van der Waals surface area contributed by atoms with E-state index >= 15 is 0 Å². The summed E-state index contributed by atoms with van der Waals surface area (Å²) < 4.78 is 26.6. The molecular weight excluding hydrogens is 214 g/mol. The molecule has 6 heteroatoms. The third-order valence-electron chi connectivity index (χ3n) is 2.27. The lowest BCUT2D eigenvalue weighted by molar-refractivity contribution is 0.324. The maximum absolute atomic E-state index is 11.4. The largest absolute Gasteiger partial charge is 0.330 e. The highest BCUT2D eigenvalue weighted by molar-refractivity contribution is 7.87. The Labute approximate surface area is 93.2 Å². The zero-order valence-corrected chi connectivity index (χ0v) is 10.9. The minimum absolute atomic E-state index is 0.0531. The summed E-state index contributed by atoms with van der Waals surface area (Å²) in [4.78, 5) is 0. The molecule has 0 amide bonds. The molecule has 0 saturated heterocycles. The van der Waals surface area contributed by atoms with Crippen LogP contribution in [0.3, 0.4) is 0 Å². The monoisotopic (exact) mass is 237 g/mol. The first-order valence-corrected chi connectivity index (χ1v) is 6.52. The zero-order valence-electron chi connectivity index (χ0n) is 10.1. The van der Waals surface area contributed by atoms with E-state index in [4.69, 9.17) is 5.73 Å². The topological polar surface area (TPSA) is 75.4 Å². The molecule has 0 rings (SSSR count). The van der Waals surface area contributed by atoms with Gasteiger partial charge in [0.05, 0.1) is 0 Å². The van der Waals surface area contributed by atoms with Gasteiger partial charge in [-0.1, -0.05) is 13.8 Å². The number of hydrogen-bond acceptors (Lipinski definition) is 3. The predicted molar refractivity (Wildman–Crippen MR) is 62.7 cm³/mol. The highest BCUT2D eigenvalue weighted by atomic mass is 32.2. The SMILES string of the molecule is CN(C)S(=O)(=O)NCC(C)(C)CCCN. The van der Waals surface area contributed by atoms with Gasteiger partial charge in [-0.3, -0.25) is 0 Å². The van der Waals surface area contributed by atoms with Gasteiger partial charge in [0.15, 0.2) is 0 Å². The molecule has 0 aliphatic carbocycles. The maximum Gasteiger partial charge on any atom is 0.278 e. The molecule has 0 heterocycles. The lowest BCUT2D eigenvalue weighted by atomic mass is 9.88. The standard InChI is InChI=1S/C9H23N3O2S/c1-9(2,6-5-7-10)8-11-15(13,14)12(3)4/h11H,5-8,10H2,1-4H3. The summed E-state index contributed by atoms with van der Waals surface area (Å²) in [5.41, 5.74) is 5.37. The van der Waals surface area contributed by atoms with Gasteiger partial charge < -0.3 is 5.73 Å². The van der Waals surface area contributed by atoms with Crippen LogP contribution in [0.5, 0.6) is 0 Å². The van der Waals surface area contributed by atoms with Crippen LogP contribution in [0.4, 0.5) is 0 Å². The van der Waals surface area contributed by atoms with Crippen LogP contribution in [0.1, 0.15) is 26.7 Å². The van der Waals surface area contributed by atoms with Gasteiger partial charge in [0.2, 0.25) is 0 Å². The van der Waals surface area contributed by atoms with Gasteiger partial charge in [0, 0.05) is 20.6 Å². The fourth-order valence-electron chi connectivity index (χ4n) is 1.08. The molecule has 0 radical (unpaired) electrons. The van der Waals surface area contributed by atoms with Crippen LogP contribution in [-0.2, 0) is 10.2 Å². The third-order valence-corrected chi connectivity index (χ3v) is 3.74. The maximum atomic E-state index is 11.4. The molecule has 15 heavy (non-hydrogen) atoms. The number of hydrogen-bond donors (Lipinski definition) is 2. The van der Waals surface area contributed by atoms with E-state index in [1.165, 1.54) is 18.4 Å². The van der Waals surface area contributed by atoms with Crippen LogP contribution in [0.2, 0.25) is 0 Å². The van der Waals surface area contributed by atoms with Crippen LogP contribution in [-0.4, -0.2) is 39.9 Å². The molecule has 0 aromatic heterocycles. The van der Waals surface area contributed by atoms with Gasteiger partial charge in [-0.05, 0) is 24.8 Å². The van der Waals surface area contributed by atoms with Crippen molar-refractivity contribution in [3.63, 3.8) is 0 Å². The molecule has 0 bridgehead atoms. The smallest absolute Gasteiger partial charge is 0.278 e. The lowest BCUT2D eigenvalue weighted by Gasteiger charge is -2.25. The van der Waals surface area contributed by atoms with Crippen LogP contribution < -0.4 is 10.5 Å². The minimum Gasteiger partial charge on any atom is -0.330 e. The van der Waals surface area contributed by atoms with Crippen molar-refractivity contribution >= 4 is 10.2 Å². The Morgan fingerprint density at radius 2 is 1.87 bits per heavy atom. The fourth-order valence-corrected chi connectivity index (χ4v) is 1.92. The molecular formula is C9H23N3O2S. The zero-order chi connectivity index (χ0) is 12.1. The van der Waals surface area contributed by atoms with Gasteiger partial charge in [0.25, 0.3) is 10.2 Å². The van der Waals surface area contributed by atoms with Crippen molar-refractivity contribution in [2.24, 2.45) is 11.1 Å². The van der Waals surface area contributed by atoms with E-state index < -0.39 is 10.2 Å². The fraction of sp³-hybridized carbons (Fsp3) is 1.00. The number of nitrogens with zero attached hydrogens (tertiary/aromatic N) is 1. The Bertz CT molecular complexity index is 273. The molecule has 0 aromatic rings. The molecule has 0 spiro atoms. The van der Waals surface area contributed by atoms with Crippen LogP contribution in [0.15, 0.2) is 0 Å². The van der Waals surface area contributed by atoms with Crippen LogP contribution in [0, 0.1) is 5.41 Å². The van der Waals surface area contributed by atoms with Crippen molar-refractivity contribution in [3.05, 3.63) is 0 Å². The highest BCUT2D eigenvalue weighted by Gasteiger charge is 2.21. The Hall–Kier alpha value is -0.170. The molecule has 0 aromatic carbocycles. The van der Waals surface area contributed by atoms with Crippen molar-refractivity contribution in [3.8, 4) is 0 Å². The summed E-state index contributed by atoms with van der Waals surface area (Å²) in [6.45, 7) is 5.14. The molecule has 3 N–H and O–H groups in total. The minimum atomic E-state index is -3.30. The number of nitrogens with two attached hydrogens (primary N) is 1. The first-order valence-electron chi connectivity index (χ1n) is 5.08. The van der Waals surface area contributed by atoms with Gasteiger partial charge in [-0.15, -0.1) is 0 Å². The van der Waals surface area contributed by atoms with E-state index in [0.29, 0.717) is 13.1 Å². The van der Waals surface area contributed by atoms with E-state index in [1.807, 2.05) is 13.8 Å². The van der Waals surface area contributed by atoms with Crippen molar-refractivity contribution in [1.82, 2.24) is 9.03 Å². The van der Waals surface area contributed by atoms with Crippen LogP contribution in [0.25, 0.3) is 0 Å². The first kappa shape index (κ1) is 14.8. The summed E-state index contributed by atoms with van der Waals surface area (Å²) in [5, 5.41) is 0. The van der Waals surface area contributed by atoms with Crippen molar-refractivity contribution < 1.29 is 8.42 Å². The average molecular weight is 237 g/mol. The predicted octanol–water partition coefficient (Wildman–Crippen LogP) is 0.148. The lowest BCUT2D eigenvalue weighted by Crippen LogP contribution is -2.40. The summed E-state index contributed by atoms with van der Waals surface area (Å²) >= 11 is 0. The molecule has 92 valence electrons. The Balaban J connectivity index is 4.14. The van der Waals surface area contributed by atoms with Gasteiger partial charge in [0.1, 0.15) is 0 Å². The molecule has 0 unspecified atom stereocenters. The van der Waals surface area contributed by atoms with Gasteiger partial charge in [-0.2, -0.15) is 12.7 Å². The average Bonchev–Trinajstić information content (AvgIpc) is 2.12. The van der Waals surface area contributed by atoms with E-state index in [2.05, 4.69) is 4.72 Å². The van der Waals surface area contributed by atoms with E-state index in [9.17, 15) is 8.42 Å². The summed E-state index contributed by atoms with van der Waals surface area (Å²) in [7, 11) is -0.286. The molecule has 0 atom stereocenters. The molecule has 5 nitrogen and oxygen atoms in total. The molecule has 0 fully saturated rings. The van der Waals surface area contributed by atoms with Crippen LogP contribution >= 0.6 is 0 Å². The summed E-state index contributed by atoms with van der Waals surface area (Å²) in [6.07, 6.45) is 1.83. The number of nitrogens with one attached hydrogen (secondary N) is 1. The number of rotatable bonds is 7. The normalized spacial score (nSPS) is 13.5. The second kappa shape index (κ2) is 5.79. The Kier molecular flexibility index (Phi) is 5.72. The van der Waals surface area contributed by atoms with E-state index in [1.54, 1.807) is 0 Å². The Morgan fingerprint density at radius 1 is 1.33 bits per heavy atom. The molecule has 0 aliphatic rings. The molecule has 0 saturated carbocycles. The summed E-state index contributed by atoms with van der Waals surface area (Å²) in [5.74, 6) is 0. The van der Waals surface area contributed by atoms with E-state index in [0.717, 1.165) is 12.8 Å². The summed E-state index contributed by atoms with van der Waals surface area (Å²) in [6, 6.07) is 0. The first-order chi connectivity index (χ1) is 6.71. The van der Waals surface area contributed by atoms with Crippen molar-refractivity contribution in [2.45, 2.75) is 26.7 Å². The van der Waals surface area contributed by atoms with E-state index in [-0.39, 0.29) is 5.41 Å². The van der Waals surface area contributed by atoms with Gasteiger partial charge >= 0.3 is 0 Å².